The van der Waals surface area contributed by atoms with Crippen LogP contribution >= 0.6 is 0 Å². The Labute approximate surface area is 130 Å². The zero-order valence-corrected chi connectivity index (χ0v) is 12.6. The van der Waals surface area contributed by atoms with Crippen molar-refractivity contribution in [1.82, 2.24) is 24.4 Å². The fourth-order valence-corrected chi connectivity index (χ4v) is 3.52. The van der Waals surface area contributed by atoms with Crippen LogP contribution in [0.2, 0.25) is 0 Å². The number of carbonyl (C=O) groups is 1. The van der Waals surface area contributed by atoms with Crippen molar-refractivity contribution in [1.29, 1.82) is 0 Å². The summed E-state index contributed by atoms with van der Waals surface area (Å²) in [6, 6.07) is 1.23. The molecular formula is C15H14FN5O2. The lowest BCUT2D eigenvalue weighted by atomic mass is 9.81. The van der Waals surface area contributed by atoms with E-state index in [-0.39, 0.29) is 0 Å². The quantitative estimate of drug-likeness (QED) is 0.774. The number of aryl methyl sites for hydroxylation is 1. The zero-order chi connectivity index (χ0) is 16.4. The molecule has 7 nitrogen and oxygen atoms in total. The maximum atomic E-state index is 13.6. The third kappa shape index (κ3) is 1.81. The van der Waals surface area contributed by atoms with Crippen LogP contribution in [0, 0.1) is 5.95 Å². The molecule has 0 aliphatic heterocycles. The summed E-state index contributed by atoms with van der Waals surface area (Å²) in [4.78, 5) is 15.8. The predicted molar refractivity (Wildman–Crippen MR) is 77.6 cm³/mol. The monoisotopic (exact) mass is 315 g/mol. The van der Waals surface area contributed by atoms with E-state index in [1.165, 1.54) is 16.8 Å². The highest BCUT2D eigenvalue weighted by atomic mass is 19.1. The molecule has 0 amide bonds. The van der Waals surface area contributed by atoms with Gasteiger partial charge in [-0.25, -0.2) is 9.50 Å². The number of aliphatic carboxylic acids is 1. The van der Waals surface area contributed by atoms with Gasteiger partial charge in [-0.1, -0.05) is 0 Å². The first kappa shape index (κ1) is 13.9. The van der Waals surface area contributed by atoms with Gasteiger partial charge < -0.3 is 5.11 Å². The molecule has 0 bridgehead atoms. The molecule has 1 N–H and O–H groups in total. The summed E-state index contributed by atoms with van der Waals surface area (Å²) >= 11 is 0. The summed E-state index contributed by atoms with van der Waals surface area (Å²) in [5.41, 5.74) is 1.83. The van der Waals surface area contributed by atoms with Crippen LogP contribution in [0.1, 0.15) is 36.1 Å². The Morgan fingerprint density at radius 2 is 2.26 bits per heavy atom. The molecule has 0 fully saturated rings. The largest absolute Gasteiger partial charge is 0.481 e. The van der Waals surface area contributed by atoms with Gasteiger partial charge >= 0.3 is 5.97 Å². The molecule has 0 spiro atoms. The molecule has 1 aliphatic carbocycles. The molecule has 1 aliphatic rings. The van der Waals surface area contributed by atoms with Crippen LogP contribution in [0.4, 0.5) is 4.39 Å². The average molecular weight is 315 g/mol. The second-order valence-electron chi connectivity index (χ2n) is 6.13. The number of hydrogen-bond donors (Lipinski definition) is 1. The number of nitrogens with zero attached hydrogens (tertiary/aromatic N) is 5. The normalized spacial score (nSPS) is 23.3. The smallest absolute Gasteiger partial charge is 0.311 e. The second-order valence-corrected chi connectivity index (χ2v) is 6.13. The summed E-state index contributed by atoms with van der Waals surface area (Å²) < 4.78 is 16.7. The number of rotatable bonds is 2. The number of halogens is 1. The predicted octanol–water partition coefficient (Wildman–Crippen LogP) is 1.48. The van der Waals surface area contributed by atoms with Crippen molar-refractivity contribution in [3.8, 4) is 0 Å². The van der Waals surface area contributed by atoms with E-state index in [1.807, 2.05) is 13.1 Å². The van der Waals surface area contributed by atoms with Gasteiger partial charge in [-0.15, -0.1) is 5.10 Å². The number of fused-ring (bicyclic) bond motifs is 3. The van der Waals surface area contributed by atoms with Crippen molar-refractivity contribution >= 4 is 11.6 Å². The maximum Gasteiger partial charge on any atom is 0.311 e. The number of carboxylic acid groups (broad SMARTS) is 1. The Bertz CT molecular complexity index is 947. The fourth-order valence-electron chi connectivity index (χ4n) is 3.52. The van der Waals surface area contributed by atoms with Crippen LogP contribution < -0.4 is 0 Å². The van der Waals surface area contributed by atoms with E-state index in [2.05, 4.69) is 15.2 Å². The summed E-state index contributed by atoms with van der Waals surface area (Å²) in [7, 11) is 1.80. The van der Waals surface area contributed by atoms with Gasteiger partial charge in [0.05, 0.1) is 17.8 Å². The molecule has 0 radical (unpaired) electrons. The van der Waals surface area contributed by atoms with Crippen molar-refractivity contribution in [2.75, 3.05) is 0 Å². The lowest BCUT2D eigenvalue weighted by molar-refractivity contribution is -0.138. The molecule has 0 saturated carbocycles. The molecule has 0 saturated heterocycles. The van der Waals surface area contributed by atoms with E-state index in [0.29, 0.717) is 23.3 Å². The molecule has 0 aromatic carbocycles. The average Bonchev–Trinajstić information content (AvgIpc) is 3.14. The van der Waals surface area contributed by atoms with Crippen molar-refractivity contribution in [2.45, 2.75) is 24.7 Å². The van der Waals surface area contributed by atoms with E-state index in [1.54, 1.807) is 17.9 Å². The molecule has 2 unspecified atom stereocenters. The lowest BCUT2D eigenvalue weighted by Crippen LogP contribution is -2.24. The number of aromatic nitrogens is 5. The minimum absolute atomic E-state index is 0.353. The van der Waals surface area contributed by atoms with Gasteiger partial charge in [0.25, 0.3) is 0 Å². The van der Waals surface area contributed by atoms with Crippen LogP contribution in [0.15, 0.2) is 24.7 Å². The van der Waals surface area contributed by atoms with Crippen LogP contribution in [0.5, 0.6) is 0 Å². The lowest BCUT2D eigenvalue weighted by Gasteiger charge is -2.24. The van der Waals surface area contributed by atoms with Crippen molar-refractivity contribution in [3.05, 3.63) is 47.4 Å². The van der Waals surface area contributed by atoms with E-state index in [4.69, 9.17) is 0 Å². The van der Waals surface area contributed by atoms with Crippen molar-refractivity contribution in [2.24, 2.45) is 7.05 Å². The van der Waals surface area contributed by atoms with Crippen molar-refractivity contribution in [3.63, 3.8) is 0 Å². The minimum atomic E-state index is -0.923. The van der Waals surface area contributed by atoms with Gasteiger partial charge in [0.15, 0.2) is 5.65 Å². The van der Waals surface area contributed by atoms with Gasteiger partial charge in [0, 0.05) is 42.0 Å². The molecule has 3 heterocycles. The molecular weight excluding hydrogens is 301 g/mol. The topological polar surface area (TPSA) is 85.3 Å². The van der Waals surface area contributed by atoms with Crippen LogP contribution in [0.25, 0.3) is 5.65 Å². The maximum absolute atomic E-state index is 13.6. The minimum Gasteiger partial charge on any atom is -0.481 e. The Kier molecular flexibility index (Phi) is 2.64. The number of hydrogen-bond acceptors (Lipinski definition) is 4. The van der Waals surface area contributed by atoms with Crippen molar-refractivity contribution < 1.29 is 14.3 Å². The first-order valence-electron chi connectivity index (χ1n) is 7.17. The Morgan fingerprint density at radius 1 is 1.48 bits per heavy atom. The first-order valence-corrected chi connectivity index (χ1v) is 7.17. The van der Waals surface area contributed by atoms with E-state index < -0.39 is 23.2 Å². The SMILES string of the molecule is Cn1cc(C2(C)CC(C(=O)O)c3cnc4cc(F)nn4c32)cn1. The molecule has 2 atom stereocenters. The standard InChI is InChI=1S/C15H14FN5O2/c1-15(8-5-18-20(2)7-8)4-9(14(22)23)10-6-17-12-3-11(16)19-21(12)13(10)15/h3,5-7,9H,4H2,1-2H3,(H,22,23). The fraction of sp³-hybridized carbons (Fsp3) is 0.333. The molecule has 3 aromatic rings. The molecule has 4 rings (SSSR count). The third-order valence-corrected chi connectivity index (χ3v) is 4.63. The van der Waals surface area contributed by atoms with Crippen LogP contribution in [-0.2, 0) is 17.3 Å². The van der Waals surface area contributed by atoms with Gasteiger partial charge in [0.2, 0.25) is 5.95 Å². The van der Waals surface area contributed by atoms with E-state index in [0.717, 1.165) is 5.56 Å². The molecule has 118 valence electrons. The van der Waals surface area contributed by atoms with E-state index >= 15 is 0 Å². The number of carboxylic acids is 1. The summed E-state index contributed by atoms with van der Waals surface area (Å²) in [6.07, 6.45) is 5.43. The van der Waals surface area contributed by atoms with Crippen LogP contribution in [0.3, 0.4) is 0 Å². The Hall–Kier alpha value is -2.77. The van der Waals surface area contributed by atoms with Crippen LogP contribution in [-0.4, -0.2) is 35.5 Å². The van der Waals surface area contributed by atoms with E-state index in [9.17, 15) is 14.3 Å². The Balaban J connectivity index is 2.05. The highest BCUT2D eigenvalue weighted by molar-refractivity contribution is 5.79. The molecule has 3 aromatic heterocycles. The summed E-state index contributed by atoms with van der Waals surface area (Å²) in [6.45, 7) is 1.94. The highest BCUT2D eigenvalue weighted by Gasteiger charge is 2.47. The summed E-state index contributed by atoms with van der Waals surface area (Å²) in [5, 5.41) is 17.6. The molecule has 23 heavy (non-hydrogen) atoms. The summed E-state index contributed by atoms with van der Waals surface area (Å²) in [5.74, 6) is -2.27. The third-order valence-electron chi connectivity index (χ3n) is 4.63. The van der Waals surface area contributed by atoms with Gasteiger partial charge in [-0.3, -0.25) is 9.48 Å². The van der Waals surface area contributed by atoms with Gasteiger partial charge in [0.1, 0.15) is 0 Å². The highest BCUT2D eigenvalue weighted by Crippen LogP contribution is 2.49. The first-order chi connectivity index (χ1) is 10.9. The van der Waals surface area contributed by atoms with Gasteiger partial charge in [-0.2, -0.15) is 9.49 Å². The molecule has 8 heteroatoms. The zero-order valence-electron chi connectivity index (χ0n) is 12.6. The van der Waals surface area contributed by atoms with Gasteiger partial charge in [-0.05, 0) is 13.3 Å². The second kappa shape index (κ2) is 4.37. The Morgan fingerprint density at radius 3 is 2.91 bits per heavy atom.